The van der Waals surface area contributed by atoms with E-state index in [0.717, 1.165) is 22.8 Å². The highest BCUT2D eigenvalue weighted by atomic mass is 16.5. The lowest BCUT2D eigenvalue weighted by Crippen LogP contribution is -2.52. The van der Waals surface area contributed by atoms with Crippen LogP contribution in [0.1, 0.15) is 10.4 Å². The molecule has 1 aliphatic heterocycles. The molecule has 1 fully saturated rings. The third-order valence-corrected chi connectivity index (χ3v) is 6.27. The van der Waals surface area contributed by atoms with E-state index in [-0.39, 0.29) is 24.9 Å². The van der Waals surface area contributed by atoms with Gasteiger partial charge in [0, 0.05) is 43.9 Å². The van der Waals surface area contributed by atoms with Gasteiger partial charge in [0.2, 0.25) is 5.91 Å². The Morgan fingerprint density at radius 1 is 0.946 bits per heavy atom. The smallest absolute Gasteiger partial charge is 0.254 e. The molecular formula is C28H31N5O4. The topological polar surface area (TPSA) is 88.1 Å². The fraction of sp³-hybridized carbons (Fsp3) is 0.286. The molecule has 9 heteroatoms. The Morgan fingerprint density at radius 2 is 1.68 bits per heavy atom. The van der Waals surface area contributed by atoms with Crippen LogP contribution in [-0.2, 0) is 4.79 Å². The van der Waals surface area contributed by atoms with E-state index in [4.69, 9.17) is 9.47 Å². The number of methoxy groups -OCH3 is 2. The molecule has 1 aromatic heterocycles. The molecule has 0 unspecified atom stereocenters. The molecule has 1 saturated heterocycles. The van der Waals surface area contributed by atoms with Crippen LogP contribution in [0, 0.1) is 0 Å². The maximum absolute atomic E-state index is 13.1. The number of carbonyl (C=O) groups excluding carboxylic acids is 2. The van der Waals surface area contributed by atoms with Crippen LogP contribution in [0.5, 0.6) is 11.5 Å². The SMILES string of the molecule is C=CCN(CC(=O)N1CCN(c2ccc(-c3ccc(OC)cc3)nn2)CC1)C(=O)c1cccc(OC)c1. The number of amides is 2. The van der Waals surface area contributed by atoms with Crippen molar-refractivity contribution in [1.29, 1.82) is 0 Å². The molecule has 0 aliphatic carbocycles. The minimum absolute atomic E-state index is 0.0154. The van der Waals surface area contributed by atoms with Gasteiger partial charge >= 0.3 is 0 Å². The molecule has 2 aromatic carbocycles. The number of anilines is 1. The molecule has 1 aliphatic rings. The van der Waals surface area contributed by atoms with Gasteiger partial charge in [-0.1, -0.05) is 12.1 Å². The van der Waals surface area contributed by atoms with E-state index >= 15 is 0 Å². The van der Waals surface area contributed by atoms with Crippen molar-refractivity contribution in [3.63, 3.8) is 0 Å². The molecular weight excluding hydrogens is 470 g/mol. The minimum atomic E-state index is -0.238. The van der Waals surface area contributed by atoms with E-state index in [1.807, 2.05) is 36.4 Å². The molecule has 0 N–H and O–H groups in total. The normalized spacial score (nSPS) is 13.1. The first-order chi connectivity index (χ1) is 18.0. The van der Waals surface area contributed by atoms with E-state index in [9.17, 15) is 9.59 Å². The molecule has 2 amide bonds. The third-order valence-electron chi connectivity index (χ3n) is 6.27. The Labute approximate surface area is 216 Å². The second kappa shape index (κ2) is 12.0. The number of hydrogen-bond donors (Lipinski definition) is 0. The molecule has 0 spiro atoms. The molecule has 0 atom stereocenters. The molecule has 3 aromatic rings. The number of piperazine rings is 1. The van der Waals surface area contributed by atoms with Crippen LogP contribution < -0.4 is 14.4 Å². The van der Waals surface area contributed by atoms with Crippen molar-refractivity contribution in [2.24, 2.45) is 0 Å². The highest BCUT2D eigenvalue weighted by Crippen LogP contribution is 2.22. The molecule has 9 nitrogen and oxygen atoms in total. The molecule has 0 saturated carbocycles. The summed E-state index contributed by atoms with van der Waals surface area (Å²) in [4.78, 5) is 31.5. The number of nitrogens with zero attached hydrogens (tertiary/aromatic N) is 5. The fourth-order valence-corrected chi connectivity index (χ4v) is 4.17. The highest BCUT2D eigenvalue weighted by Gasteiger charge is 2.25. The van der Waals surface area contributed by atoms with Crippen LogP contribution in [0.2, 0.25) is 0 Å². The van der Waals surface area contributed by atoms with Gasteiger partial charge in [-0.2, -0.15) is 0 Å². The van der Waals surface area contributed by atoms with Gasteiger partial charge < -0.3 is 24.2 Å². The summed E-state index contributed by atoms with van der Waals surface area (Å²) < 4.78 is 10.4. The zero-order chi connectivity index (χ0) is 26.2. The van der Waals surface area contributed by atoms with Crippen molar-refractivity contribution < 1.29 is 19.1 Å². The number of benzene rings is 2. The number of rotatable bonds is 9. The number of aromatic nitrogens is 2. The quantitative estimate of drug-likeness (QED) is 0.416. The molecule has 2 heterocycles. The van der Waals surface area contributed by atoms with Gasteiger partial charge in [-0.25, -0.2) is 0 Å². The van der Waals surface area contributed by atoms with Gasteiger partial charge in [-0.15, -0.1) is 16.8 Å². The van der Waals surface area contributed by atoms with Crippen molar-refractivity contribution in [1.82, 2.24) is 20.0 Å². The summed E-state index contributed by atoms with van der Waals surface area (Å²) in [5.74, 6) is 1.81. The summed E-state index contributed by atoms with van der Waals surface area (Å²) in [5.41, 5.74) is 2.21. The van der Waals surface area contributed by atoms with Crippen LogP contribution in [-0.4, -0.2) is 85.3 Å². The van der Waals surface area contributed by atoms with Gasteiger partial charge in [0.1, 0.15) is 18.0 Å². The Balaban J connectivity index is 1.33. The number of ether oxygens (including phenoxy) is 2. The third kappa shape index (κ3) is 6.24. The van der Waals surface area contributed by atoms with E-state index in [2.05, 4.69) is 21.7 Å². The lowest BCUT2D eigenvalue weighted by Gasteiger charge is -2.36. The van der Waals surface area contributed by atoms with Gasteiger partial charge in [0.25, 0.3) is 5.91 Å². The van der Waals surface area contributed by atoms with E-state index < -0.39 is 0 Å². The lowest BCUT2D eigenvalue weighted by molar-refractivity contribution is -0.132. The van der Waals surface area contributed by atoms with Crippen LogP contribution in [0.4, 0.5) is 5.82 Å². The summed E-state index contributed by atoms with van der Waals surface area (Å²) in [6.45, 7) is 6.34. The first-order valence-corrected chi connectivity index (χ1v) is 12.1. The predicted molar refractivity (Wildman–Crippen MR) is 142 cm³/mol. The monoisotopic (exact) mass is 501 g/mol. The summed E-state index contributed by atoms with van der Waals surface area (Å²) in [5, 5.41) is 8.78. The predicted octanol–water partition coefficient (Wildman–Crippen LogP) is 3.14. The zero-order valence-electron chi connectivity index (χ0n) is 21.2. The van der Waals surface area contributed by atoms with Gasteiger partial charge in [-0.05, 0) is 54.6 Å². The Hall–Kier alpha value is -4.40. The van der Waals surface area contributed by atoms with E-state index in [1.54, 1.807) is 49.5 Å². The highest BCUT2D eigenvalue weighted by molar-refractivity contribution is 5.97. The summed E-state index contributed by atoms with van der Waals surface area (Å²) in [6, 6.07) is 18.5. The van der Waals surface area contributed by atoms with E-state index in [0.29, 0.717) is 37.5 Å². The Kier molecular flexibility index (Phi) is 8.35. The first-order valence-electron chi connectivity index (χ1n) is 12.1. The van der Waals surface area contributed by atoms with Crippen molar-refractivity contribution in [3.8, 4) is 22.8 Å². The van der Waals surface area contributed by atoms with Gasteiger partial charge in [0.15, 0.2) is 5.82 Å². The van der Waals surface area contributed by atoms with Crippen molar-refractivity contribution in [3.05, 3.63) is 78.9 Å². The van der Waals surface area contributed by atoms with Crippen molar-refractivity contribution >= 4 is 17.6 Å². The Bertz CT molecular complexity index is 1220. The second-order valence-electron chi connectivity index (χ2n) is 8.58. The summed E-state index contributed by atoms with van der Waals surface area (Å²) >= 11 is 0. The Morgan fingerprint density at radius 3 is 2.30 bits per heavy atom. The maximum atomic E-state index is 13.1. The standard InChI is InChI=1S/C28H31N5O4/c1-4-14-33(28(35)22-6-5-7-24(19-22)37-3)20-27(34)32-17-15-31(16-18-32)26-13-12-25(29-30-26)21-8-10-23(36-2)11-9-21/h4-13,19H,1,14-18,20H2,2-3H3. The maximum Gasteiger partial charge on any atom is 0.254 e. The summed E-state index contributed by atoms with van der Waals surface area (Å²) in [7, 11) is 3.19. The number of carbonyl (C=O) groups is 2. The summed E-state index contributed by atoms with van der Waals surface area (Å²) in [6.07, 6.45) is 1.62. The molecule has 0 radical (unpaired) electrons. The molecule has 37 heavy (non-hydrogen) atoms. The van der Waals surface area contributed by atoms with Crippen LogP contribution in [0.3, 0.4) is 0 Å². The zero-order valence-corrected chi connectivity index (χ0v) is 21.2. The van der Waals surface area contributed by atoms with Gasteiger partial charge in [0.05, 0.1) is 19.9 Å². The van der Waals surface area contributed by atoms with Gasteiger partial charge in [-0.3, -0.25) is 9.59 Å². The minimum Gasteiger partial charge on any atom is -0.497 e. The largest absolute Gasteiger partial charge is 0.497 e. The molecule has 4 rings (SSSR count). The van der Waals surface area contributed by atoms with Crippen molar-refractivity contribution in [2.45, 2.75) is 0 Å². The molecule has 192 valence electrons. The first kappa shape index (κ1) is 25.7. The average Bonchev–Trinajstić information content (AvgIpc) is 2.96. The second-order valence-corrected chi connectivity index (χ2v) is 8.58. The average molecular weight is 502 g/mol. The van der Waals surface area contributed by atoms with E-state index in [1.165, 1.54) is 4.90 Å². The van der Waals surface area contributed by atoms with Crippen LogP contribution >= 0.6 is 0 Å². The van der Waals surface area contributed by atoms with Crippen LogP contribution in [0.25, 0.3) is 11.3 Å². The lowest BCUT2D eigenvalue weighted by atomic mass is 10.1. The fourth-order valence-electron chi connectivity index (χ4n) is 4.17. The molecule has 0 bridgehead atoms. The number of hydrogen-bond acceptors (Lipinski definition) is 7. The van der Waals surface area contributed by atoms with Crippen molar-refractivity contribution in [2.75, 3.05) is 58.4 Å². The van der Waals surface area contributed by atoms with Crippen LogP contribution in [0.15, 0.2) is 73.3 Å².